The molecule has 0 spiro atoms. The van der Waals surface area contributed by atoms with E-state index in [-0.39, 0.29) is 6.61 Å². The maximum atomic E-state index is 5.49. The van der Waals surface area contributed by atoms with Crippen LogP contribution >= 0.6 is 0 Å². The minimum absolute atomic E-state index is 0.289. The third-order valence-electron chi connectivity index (χ3n) is 1.50. The minimum Gasteiger partial charge on any atom is -0.481 e. The van der Waals surface area contributed by atoms with Crippen LogP contribution in [0, 0.1) is 12.3 Å². The van der Waals surface area contributed by atoms with E-state index >= 15 is 0 Å². The van der Waals surface area contributed by atoms with Crippen molar-refractivity contribution in [1.82, 2.24) is 0 Å². The lowest BCUT2D eigenvalue weighted by Crippen LogP contribution is -2.02. The highest BCUT2D eigenvalue weighted by Crippen LogP contribution is 2.16. The lowest BCUT2D eigenvalue weighted by Gasteiger charge is -2.06. The van der Waals surface area contributed by atoms with Crippen molar-refractivity contribution in [2.75, 3.05) is 6.61 Å². The molecule has 0 aliphatic rings. The van der Waals surface area contributed by atoms with E-state index in [0.717, 1.165) is 11.3 Å². The van der Waals surface area contributed by atoms with E-state index in [1.54, 1.807) is 0 Å². The van der Waals surface area contributed by atoms with Crippen molar-refractivity contribution in [2.45, 2.75) is 6.54 Å². The van der Waals surface area contributed by atoms with Gasteiger partial charge in [0.05, 0.1) is 0 Å². The maximum absolute atomic E-state index is 5.49. The number of terminal acetylenes is 1. The van der Waals surface area contributed by atoms with Gasteiger partial charge in [0.15, 0.2) is 0 Å². The van der Waals surface area contributed by atoms with Crippen LogP contribution < -0.4 is 10.5 Å². The Bertz CT molecular complexity index is 288. The predicted octanol–water partition coefficient (Wildman–Crippen LogP) is 1.16. The Kier molecular flexibility index (Phi) is 3.18. The molecule has 0 atom stereocenters. The molecular weight excluding hydrogens is 150 g/mol. The fraction of sp³-hybridized carbons (Fsp3) is 0.200. The zero-order valence-electron chi connectivity index (χ0n) is 6.79. The first-order chi connectivity index (χ1) is 5.88. The molecule has 2 N–H and O–H groups in total. The van der Waals surface area contributed by atoms with Crippen molar-refractivity contribution in [3.8, 4) is 18.1 Å². The van der Waals surface area contributed by atoms with Gasteiger partial charge in [-0.3, -0.25) is 0 Å². The quantitative estimate of drug-likeness (QED) is 0.675. The number of hydrogen-bond acceptors (Lipinski definition) is 2. The van der Waals surface area contributed by atoms with Crippen LogP contribution in [0.1, 0.15) is 5.56 Å². The van der Waals surface area contributed by atoms with E-state index in [2.05, 4.69) is 5.92 Å². The summed E-state index contributed by atoms with van der Waals surface area (Å²) in [6.07, 6.45) is 5.06. The molecule has 12 heavy (non-hydrogen) atoms. The second kappa shape index (κ2) is 4.42. The molecule has 0 bridgehead atoms. The lowest BCUT2D eigenvalue weighted by atomic mass is 10.2. The number of nitrogens with two attached hydrogens (primary N) is 1. The molecule has 0 radical (unpaired) electrons. The van der Waals surface area contributed by atoms with Crippen molar-refractivity contribution < 1.29 is 4.74 Å². The van der Waals surface area contributed by atoms with Crippen molar-refractivity contribution in [1.29, 1.82) is 0 Å². The second-order valence-electron chi connectivity index (χ2n) is 2.30. The van der Waals surface area contributed by atoms with E-state index in [4.69, 9.17) is 16.9 Å². The minimum atomic E-state index is 0.289. The Labute approximate surface area is 72.3 Å². The molecule has 0 aliphatic heterocycles. The van der Waals surface area contributed by atoms with Crippen molar-refractivity contribution in [3.63, 3.8) is 0 Å². The number of hydrogen-bond donors (Lipinski definition) is 1. The van der Waals surface area contributed by atoms with E-state index in [1.807, 2.05) is 24.3 Å². The zero-order valence-corrected chi connectivity index (χ0v) is 6.79. The molecule has 1 aromatic carbocycles. The summed E-state index contributed by atoms with van der Waals surface area (Å²) in [6, 6.07) is 7.60. The van der Waals surface area contributed by atoms with Gasteiger partial charge in [0, 0.05) is 12.1 Å². The molecule has 0 aromatic heterocycles. The summed E-state index contributed by atoms with van der Waals surface area (Å²) in [7, 11) is 0. The number of benzene rings is 1. The monoisotopic (exact) mass is 161 g/mol. The van der Waals surface area contributed by atoms with Gasteiger partial charge in [0.25, 0.3) is 0 Å². The third-order valence-corrected chi connectivity index (χ3v) is 1.50. The average molecular weight is 161 g/mol. The summed E-state index contributed by atoms with van der Waals surface area (Å²) >= 11 is 0. The first-order valence-corrected chi connectivity index (χ1v) is 3.72. The predicted molar refractivity (Wildman–Crippen MR) is 48.7 cm³/mol. The van der Waals surface area contributed by atoms with Crippen molar-refractivity contribution >= 4 is 0 Å². The normalized spacial score (nSPS) is 9.00. The van der Waals surface area contributed by atoms with Gasteiger partial charge >= 0.3 is 0 Å². The molecule has 1 aromatic rings. The molecule has 2 nitrogen and oxygen atoms in total. The van der Waals surface area contributed by atoms with Crippen LogP contribution in [0.15, 0.2) is 24.3 Å². The van der Waals surface area contributed by atoms with Gasteiger partial charge in [0.1, 0.15) is 12.4 Å². The summed E-state index contributed by atoms with van der Waals surface area (Å²) < 4.78 is 5.26. The first kappa shape index (κ1) is 8.63. The van der Waals surface area contributed by atoms with Gasteiger partial charge in [-0.15, -0.1) is 6.42 Å². The van der Waals surface area contributed by atoms with E-state index in [1.165, 1.54) is 0 Å². The average Bonchev–Trinajstić information content (AvgIpc) is 2.15. The van der Waals surface area contributed by atoms with Crippen LogP contribution in [0.3, 0.4) is 0 Å². The number of ether oxygens (including phenoxy) is 1. The van der Waals surface area contributed by atoms with Crippen LogP contribution in [-0.4, -0.2) is 6.61 Å². The van der Waals surface area contributed by atoms with Gasteiger partial charge in [-0.2, -0.15) is 0 Å². The summed E-state index contributed by atoms with van der Waals surface area (Å²) in [4.78, 5) is 0. The molecule has 0 fully saturated rings. The highest BCUT2D eigenvalue weighted by molar-refractivity contribution is 5.33. The highest BCUT2D eigenvalue weighted by atomic mass is 16.5. The molecule has 1 rings (SSSR count). The van der Waals surface area contributed by atoms with Crippen LogP contribution in [0.5, 0.6) is 5.75 Å². The van der Waals surface area contributed by atoms with Crippen molar-refractivity contribution in [2.24, 2.45) is 5.73 Å². The summed E-state index contributed by atoms with van der Waals surface area (Å²) in [6.45, 7) is 0.762. The molecule has 2 heteroatoms. The SMILES string of the molecule is C#CCOc1ccccc1CN. The Morgan fingerprint density at radius 2 is 2.17 bits per heavy atom. The molecule has 62 valence electrons. The number of rotatable bonds is 3. The summed E-state index contributed by atoms with van der Waals surface area (Å²) in [5.74, 6) is 3.18. The van der Waals surface area contributed by atoms with Gasteiger partial charge in [-0.25, -0.2) is 0 Å². The van der Waals surface area contributed by atoms with Gasteiger partial charge in [0.2, 0.25) is 0 Å². The standard InChI is InChI=1S/C10H11NO/c1-2-7-12-10-6-4-3-5-9(10)8-11/h1,3-6H,7-8,11H2. The van der Waals surface area contributed by atoms with Gasteiger partial charge in [-0.1, -0.05) is 24.1 Å². The van der Waals surface area contributed by atoms with Gasteiger partial charge in [-0.05, 0) is 6.07 Å². The molecular formula is C10H11NO. The highest BCUT2D eigenvalue weighted by Gasteiger charge is 1.98. The maximum Gasteiger partial charge on any atom is 0.148 e. The van der Waals surface area contributed by atoms with E-state index < -0.39 is 0 Å². The number of para-hydroxylation sites is 1. The topological polar surface area (TPSA) is 35.2 Å². The molecule has 0 saturated carbocycles. The van der Waals surface area contributed by atoms with Crippen LogP contribution in [-0.2, 0) is 6.54 Å². The lowest BCUT2D eigenvalue weighted by molar-refractivity contribution is 0.366. The van der Waals surface area contributed by atoms with Crippen molar-refractivity contribution in [3.05, 3.63) is 29.8 Å². The Hall–Kier alpha value is -1.46. The smallest absolute Gasteiger partial charge is 0.148 e. The molecule has 0 unspecified atom stereocenters. The summed E-state index contributed by atoms with van der Waals surface area (Å²) in [5.41, 5.74) is 6.47. The second-order valence-corrected chi connectivity index (χ2v) is 2.30. The van der Waals surface area contributed by atoms with Crippen LogP contribution in [0.4, 0.5) is 0 Å². The fourth-order valence-corrected chi connectivity index (χ4v) is 0.933. The third kappa shape index (κ3) is 2.01. The molecule has 0 aliphatic carbocycles. The fourth-order valence-electron chi connectivity index (χ4n) is 0.933. The van der Waals surface area contributed by atoms with Gasteiger partial charge < -0.3 is 10.5 Å². The van der Waals surface area contributed by atoms with Crippen LogP contribution in [0.25, 0.3) is 0 Å². The zero-order chi connectivity index (χ0) is 8.81. The van der Waals surface area contributed by atoms with Crippen LogP contribution in [0.2, 0.25) is 0 Å². The van der Waals surface area contributed by atoms with E-state index in [9.17, 15) is 0 Å². The Balaban J connectivity index is 2.76. The first-order valence-electron chi connectivity index (χ1n) is 3.72. The largest absolute Gasteiger partial charge is 0.481 e. The Morgan fingerprint density at radius 1 is 1.42 bits per heavy atom. The molecule has 0 amide bonds. The molecule has 0 heterocycles. The van der Waals surface area contributed by atoms with E-state index in [0.29, 0.717) is 6.54 Å². The Morgan fingerprint density at radius 3 is 2.83 bits per heavy atom. The summed E-state index contributed by atoms with van der Waals surface area (Å²) in [5, 5.41) is 0. The molecule has 0 saturated heterocycles.